The highest BCUT2D eigenvalue weighted by Crippen LogP contribution is 2.42. The molecule has 0 amide bonds. The Labute approximate surface area is 144 Å². The van der Waals surface area contributed by atoms with Crippen molar-refractivity contribution in [3.05, 3.63) is 71.3 Å². The van der Waals surface area contributed by atoms with Gasteiger partial charge in [0.2, 0.25) is 11.8 Å². The van der Waals surface area contributed by atoms with Crippen molar-refractivity contribution < 1.29 is 4.74 Å². The second-order valence-electron chi connectivity index (χ2n) is 5.76. The number of allylic oxidation sites excluding steroid dienone is 1. The van der Waals surface area contributed by atoms with Gasteiger partial charge >= 0.3 is 0 Å². The molecule has 1 aliphatic rings. The highest BCUT2D eigenvalue weighted by molar-refractivity contribution is 5.55. The van der Waals surface area contributed by atoms with Crippen molar-refractivity contribution in [2.75, 3.05) is 0 Å². The molecular formula is C18H16N6O. The van der Waals surface area contributed by atoms with E-state index in [0.717, 1.165) is 28.9 Å². The van der Waals surface area contributed by atoms with Crippen molar-refractivity contribution in [3.8, 4) is 17.6 Å². The molecule has 0 radical (unpaired) electrons. The minimum absolute atomic E-state index is 0.104. The zero-order valence-corrected chi connectivity index (χ0v) is 13.6. The fraction of sp³-hybridized carbons (Fsp3) is 0.167. The molecule has 1 aliphatic heterocycles. The Balaban J connectivity index is 1.83. The zero-order chi connectivity index (χ0) is 17.4. The lowest BCUT2D eigenvalue weighted by molar-refractivity contribution is 0.378. The maximum atomic E-state index is 9.61. The molecule has 124 valence electrons. The van der Waals surface area contributed by atoms with Crippen LogP contribution in [0, 0.1) is 11.3 Å². The summed E-state index contributed by atoms with van der Waals surface area (Å²) in [5.74, 6) is 0.254. The number of aromatic amines is 1. The van der Waals surface area contributed by atoms with Crippen LogP contribution in [-0.4, -0.2) is 19.7 Å². The van der Waals surface area contributed by atoms with Gasteiger partial charge in [0.1, 0.15) is 11.6 Å². The summed E-state index contributed by atoms with van der Waals surface area (Å²) in [6, 6.07) is 10.2. The van der Waals surface area contributed by atoms with Crippen LogP contribution < -0.4 is 10.5 Å². The first kappa shape index (κ1) is 15.0. The normalized spacial score (nSPS) is 16.2. The minimum atomic E-state index is -0.292. The van der Waals surface area contributed by atoms with Crippen LogP contribution in [0.3, 0.4) is 0 Å². The Morgan fingerprint density at radius 1 is 1.36 bits per heavy atom. The van der Waals surface area contributed by atoms with Gasteiger partial charge in [-0.25, -0.2) is 4.98 Å². The van der Waals surface area contributed by atoms with Crippen molar-refractivity contribution in [1.82, 2.24) is 19.7 Å². The van der Waals surface area contributed by atoms with Crippen LogP contribution in [0.4, 0.5) is 0 Å². The summed E-state index contributed by atoms with van der Waals surface area (Å²) < 4.78 is 7.45. The SMILES string of the molecule is CCc1[nH]nc2c1C(c1ccc(-n3ccnc3)cc1)C(C#N)=C(N)O2. The molecular weight excluding hydrogens is 316 g/mol. The van der Waals surface area contributed by atoms with Crippen LogP contribution in [0.1, 0.15) is 29.7 Å². The van der Waals surface area contributed by atoms with E-state index in [1.807, 2.05) is 42.0 Å². The van der Waals surface area contributed by atoms with Crippen molar-refractivity contribution in [1.29, 1.82) is 5.26 Å². The van der Waals surface area contributed by atoms with E-state index < -0.39 is 0 Å². The van der Waals surface area contributed by atoms with E-state index in [-0.39, 0.29) is 11.8 Å². The number of aromatic nitrogens is 4. The smallest absolute Gasteiger partial charge is 0.244 e. The van der Waals surface area contributed by atoms with Gasteiger partial charge in [-0.1, -0.05) is 19.1 Å². The number of hydrogen-bond acceptors (Lipinski definition) is 5. The van der Waals surface area contributed by atoms with E-state index in [0.29, 0.717) is 11.5 Å². The number of nitrogens with zero attached hydrogens (tertiary/aromatic N) is 4. The molecule has 3 N–H and O–H groups in total. The average Bonchev–Trinajstić information content (AvgIpc) is 3.30. The molecule has 25 heavy (non-hydrogen) atoms. The largest absolute Gasteiger partial charge is 0.420 e. The highest BCUT2D eigenvalue weighted by atomic mass is 16.5. The average molecular weight is 332 g/mol. The van der Waals surface area contributed by atoms with Crippen molar-refractivity contribution in [2.45, 2.75) is 19.3 Å². The van der Waals surface area contributed by atoms with Crippen LogP contribution >= 0.6 is 0 Å². The van der Waals surface area contributed by atoms with E-state index in [1.54, 1.807) is 12.5 Å². The second-order valence-corrected chi connectivity index (χ2v) is 5.76. The number of H-pyrrole nitrogens is 1. The Bertz CT molecular complexity index is 976. The van der Waals surface area contributed by atoms with Crippen LogP contribution in [0.2, 0.25) is 0 Å². The van der Waals surface area contributed by atoms with E-state index in [9.17, 15) is 5.26 Å². The lowest BCUT2D eigenvalue weighted by Gasteiger charge is -2.24. The van der Waals surface area contributed by atoms with Gasteiger partial charge in [-0.05, 0) is 24.1 Å². The fourth-order valence-electron chi connectivity index (χ4n) is 3.16. The maximum Gasteiger partial charge on any atom is 0.244 e. The standard InChI is InChI=1S/C18H16N6O/c1-2-14-16-15(13(9-19)17(20)25-18(16)23-22-14)11-3-5-12(6-4-11)24-8-7-21-10-24/h3-8,10,15H,2,20H2,1H3,(H,22,23). The molecule has 0 aliphatic carbocycles. The fourth-order valence-corrected chi connectivity index (χ4v) is 3.16. The minimum Gasteiger partial charge on any atom is -0.420 e. The summed E-state index contributed by atoms with van der Waals surface area (Å²) in [7, 11) is 0. The summed E-state index contributed by atoms with van der Waals surface area (Å²) in [6.07, 6.45) is 6.11. The first-order chi connectivity index (χ1) is 12.2. The van der Waals surface area contributed by atoms with Gasteiger partial charge in [-0.3, -0.25) is 5.10 Å². The lowest BCUT2D eigenvalue weighted by Crippen LogP contribution is -2.21. The number of hydrogen-bond donors (Lipinski definition) is 2. The van der Waals surface area contributed by atoms with Gasteiger partial charge in [0.25, 0.3) is 0 Å². The van der Waals surface area contributed by atoms with Gasteiger partial charge in [-0.15, -0.1) is 5.10 Å². The molecule has 4 rings (SSSR count). The Hall–Kier alpha value is -3.53. The van der Waals surface area contributed by atoms with Crippen LogP contribution in [0.5, 0.6) is 5.88 Å². The van der Waals surface area contributed by atoms with Gasteiger partial charge in [0, 0.05) is 29.3 Å². The van der Waals surface area contributed by atoms with Crippen LogP contribution in [0.15, 0.2) is 54.4 Å². The molecule has 0 spiro atoms. The van der Waals surface area contributed by atoms with Gasteiger partial charge in [0.15, 0.2) is 0 Å². The van der Waals surface area contributed by atoms with Crippen LogP contribution in [0.25, 0.3) is 5.69 Å². The number of ether oxygens (including phenoxy) is 1. The Morgan fingerprint density at radius 2 is 2.16 bits per heavy atom. The van der Waals surface area contributed by atoms with E-state index >= 15 is 0 Å². The number of nitrogens with one attached hydrogen (secondary N) is 1. The molecule has 3 heterocycles. The third-order valence-corrected chi connectivity index (χ3v) is 4.40. The second kappa shape index (κ2) is 5.83. The van der Waals surface area contributed by atoms with E-state index in [1.165, 1.54) is 0 Å². The Morgan fingerprint density at radius 3 is 2.80 bits per heavy atom. The first-order valence-corrected chi connectivity index (χ1v) is 7.96. The predicted octanol–water partition coefficient (Wildman–Crippen LogP) is 2.38. The zero-order valence-electron chi connectivity index (χ0n) is 13.6. The third-order valence-electron chi connectivity index (χ3n) is 4.40. The van der Waals surface area contributed by atoms with Crippen molar-refractivity contribution >= 4 is 0 Å². The molecule has 2 aromatic heterocycles. The summed E-state index contributed by atoms with van der Waals surface area (Å²) in [4.78, 5) is 4.06. The quantitative estimate of drug-likeness (QED) is 0.766. The molecule has 1 aromatic carbocycles. The molecule has 1 unspecified atom stereocenters. The summed E-state index contributed by atoms with van der Waals surface area (Å²) in [6.45, 7) is 2.03. The molecule has 0 bridgehead atoms. The monoisotopic (exact) mass is 332 g/mol. The van der Waals surface area contributed by atoms with E-state index in [2.05, 4.69) is 21.3 Å². The summed E-state index contributed by atoms with van der Waals surface area (Å²) in [5.41, 5.74) is 10.1. The lowest BCUT2D eigenvalue weighted by atomic mass is 9.83. The summed E-state index contributed by atoms with van der Waals surface area (Å²) >= 11 is 0. The first-order valence-electron chi connectivity index (χ1n) is 7.96. The molecule has 7 nitrogen and oxygen atoms in total. The topological polar surface area (TPSA) is 106 Å². The molecule has 0 saturated carbocycles. The molecule has 3 aromatic rings. The number of imidazole rings is 1. The van der Waals surface area contributed by atoms with Gasteiger partial charge in [-0.2, -0.15) is 5.26 Å². The van der Waals surface area contributed by atoms with Gasteiger partial charge in [0.05, 0.1) is 12.2 Å². The summed E-state index contributed by atoms with van der Waals surface area (Å²) in [5, 5.41) is 16.8. The van der Waals surface area contributed by atoms with E-state index in [4.69, 9.17) is 10.5 Å². The number of benzene rings is 1. The van der Waals surface area contributed by atoms with Crippen molar-refractivity contribution in [3.63, 3.8) is 0 Å². The predicted molar refractivity (Wildman–Crippen MR) is 90.8 cm³/mol. The number of aryl methyl sites for hydroxylation is 1. The number of nitriles is 1. The number of rotatable bonds is 3. The number of fused-ring (bicyclic) bond motifs is 1. The molecule has 7 heteroatoms. The van der Waals surface area contributed by atoms with Crippen LogP contribution in [-0.2, 0) is 6.42 Å². The number of nitrogens with two attached hydrogens (primary N) is 1. The molecule has 0 saturated heterocycles. The third kappa shape index (κ3) is 2.35. The Kier molecular flexibility index (Phi) is 3.51. The highest BCUT2D eigenvalue weighted by Gasteiger charge is 2.34. The van der Waals surface area contributed by atoms with Crippen molar-refractivity contribution in [2.24, 2.45) is 5.73 Å². The maximum absolute atomic E-state index is 9.61. The van der Waals surface area contributed by atoms with Gasteiger partial charge < -0.3 is 15.0 Å². The molecule has 0 fully saturated rings. The molecule has 1 atom stereocenters.